The molecule has 1 aromatic carbocycles. The number of hydrogen-bond acceptors (Lipinski definition) is 7. The molecular formula is C24H23N5O3S. The lowest BCUT2D eigenvalue weighted by Gasteiger charge is -2.20. The number of carbonyl (C=O) groups excluding carboxylic acids is 2. The third kappa shape index (κ3) is 4.58. The van der Waals surface area contributed by atoms with E-state index in [-0.39, 0.29) is 11.8 Å². The Bertz CT molecular complexity index is 1320. The molecule has 1 saturated heterocycles. The molecule has 168 valence electrons. The first-order chi connectivity index (χ1) is 16.1. The molecule has 0 radical (unpaired) electrons. The molecule has 1 fully saturated rings. The second-order valence-corrected chi connectivity index (χ2v) is 8.77. The van der Waals surface area contributed by atoms with Gasteiger partial charge in [0.2, 0.25) is 5.91 Å². The van der Waals surface area contributed by atoms with Crippen LogP contribution in [0.25, 0.3) is 22.4 Å². The van der Waals surface area contributed by atoms with Crippen LogP contribution in [0.5, 0.6) is 0 Å². The van der Waals surface area contributed by atoms with Crippen LogP contribution in [0, 0.1) is 0 Å². The maximum absolute atomic E-state index is 13.3. The first-order valence-electron chi connectivity index (χ1n) is 10.8. The number of fused-ring (bicyclic) bond motifs is 1. The summed E-state index contributed by atoms with van der Waals surface area (Å²) in [6.45, 7) is 3.56. The van der Waals surface area contributed by atoms with Crippen LogP contribution in [0.4, 0.5) is 10.9 Å². The highest BCUT2D eigenvalue weighted by Crippen LogP contribution is 2.30. The quantitative estimate of drug-likeness (QED) is 0.440. The zero-order chi connectivity index (χ0) is 22.8. The summed E-state index contributed by atoms with van der Waals surface area (Å²) in [5, 5.41) is 8.86. The summed E-state index contributed by atoms with van der Waals surface area (Å²) in [5.74, 6) is 1.58. The van der Waals surface area contributed by atoms with Crippen molar-refractivity contribution in [3.8, 4) is 11.5 Å². The van der Waals surface area contributed by atoms with E-state index in [1.807, 2.05) is 35.7 Å². The maximum atomic E-state index is 13.3. The second-order valence-electron chi connectivity index (χ2n) is 7.91. The first kappa shape index (κ1) is 21.1. The molecule has 0 bridgehead atoms. The van der Waals surface area contributed by atoms with Crippen molar-refractivity contribution in [1.82, 2.24) is 15.3 Å². The lowest BCUT2D eigenvalue weighted by atomic mass is 10.1. The van der Waals surface area contributed by atoms with E-state index in [1.165, 1.54) is 18.3 Å². The number of benzene rings is 1. The van der Waals surface area contributed by atoms with Crippen molar-refractivity contribution in [2.24, 2.45) is 0 Å². The molecule has 0 unspecified atom stereocenters. The smallest absolute Gasteiger partial charge is 0.261 e. The summed E-state index contributed by atoms with van der Waals surface area (Å²) in [6.07, 6.45) is 2.19. The number of anilines is 2. The van der Waals surface area contributed by atoms with Crippen LogP contribution in [0.15, 0.2) is 52.3 Å². The van der Waals surface area contributed by atoms with Gasteiger partial charge < -0.3 is 14.6 Å². The third-order valence-corrected chi connectivity index (χ3v) is 6.26. The molecular weight excluding hydrogens is 438 g/mol. The summed E-state index contributed by atoms with van der Waals surface area (Å²) in [6, 6.07) is 13.3. The van der Waals surface area contributed by atoms with Crippen molar-refractivity contribution < 1.29 is 14.0 Å². The van der Waals surface area contributed by atoms with E-state index in [9.17, 15) is 9.59 Å². The van der Waals surface area contributed by atoms with Gasteiger partial charge in [0.05, 0.1) is 17.6 Å². The van der Waals surface area contributed by atoms with Crippen molar-refractivity contribution in [2.75, 3.05) is 23.3 Å². The molecule has 2 amide bonds. The van der Waals surface area contributed by atoms with Crippen LogP contribution >= 0.6 is 11.3 Å². The SMILES string of the molecule is CC(=O)NCc1ccc(-c2csc(NC(=O)c3cc4ccccc4nc3N3CCCC3)n2)o1. The minimum absolute atomic E-state index is 0.122. The Hall–Kier alpha value is -3.72. The van der Waals surface area contributed by atoms with E-state index >= 15 is 0 Å². The van der Waals surface area contributed by atoms with E-state index in [0.717, 1.165) is 36.8 Å². The minimum atomic E-state index is -0.234. The molecule has 4 aromatic rings. The number of pyridine rings is 1. The maximum Gasteiger partial charge on any atom is 0.261 e. The van der Waals surface area contributed by atoms with Gasteiger partial charge in [-0.3, -0.25) is 14.9 Å². The van der Waals surface area contributed by atoms with Gasteiger partial charge >= 0.3 is 0 Å². The van der Waals surface area contributed by atoms with Gasteiger partial charge in [-0.2, -0.15) is 0 Å². The predicted molar refractivity (Wildman–Crippen MR) is 128 cm³/mol. The van der Waals surface area contributed by atoms with Gasteiger partial charge in [-0.05, 0) is 37.1 Å². The van der Waals surface area contributed by atoms with Crippen molar-refractivity contribution >= 4 is 45.0 Å². The molecule has 3 aromatic heterocycles. The van der Waals surface area contributed by atoms with Gasteiger partial charge in [-0.25, -0.2) is 9.97 Å². The number of carbonyl (C=O) groups is 2. The number of para-hydroxylation sites is 1. The largest absolute Gasteiger partial charge is 0.458 e. The van der Waals surface area contributed by atoms with Crippen LogP contribution < -0.4 is 15.5 Å². The molecule has 8 nitrogen and oxygen atoms in total. The highest BCUT2D eigenvalue weighted by atomic mass is 32.1. The van der Waals surface area contributed by atoms with Gasteiger partial charge in [0.15, 0.2) is 10.9 Å². The van der Waals surface area contributed by atoms with E-state index in [4.69, 9.17) is 9.40 Å². The van der Waals surface area contributed by atoms with E-state index < -0.39 is 0 Å². The number of thiazole rings is 1. The molecule has 0 aliphatic carbocycles. The zero-order valence-electron chi connectivity index (χ0n) is 18.1. The highest BCUT2D eigenvalue weighted by molar-refractivity contribution is 7.14. The van der Waals surface area contributed by atoms with Crippen molar-refractivity contribution in [2.45, 2.75) is 26.3 Å². The number of hydrogen-bond donors (Lipinski definition) is 2. The molecule has 1 aliphatic rings. The van der Waals surface area contributed by atoms with E-state index in [0.29, 0.717) is 40.3 Å². The fraction of sp³-hybridized carbons (Fsp3) is 0.250. The average Bonchev–Trinajstić information content (AvgIpc) is 3.58. The molecule has 33 heavy (non-hydrogen) atoms. The summed E-state index contributed by atoms with van der Waals surface area (Å²) >= 11 is 1.33. The first-order valence-corrected chi connectivity index (χ1v) is 11.7. The molecule has 2 N–H and O–H groups in total. The Balaban J connectivity index is 1.37. The van der Waals surface area contributed by atoms with Crippen molar-refractivity contribution in [3.05, 3.63) is 59.2 Å². The number of furan rings is 1. The number of amides is 2. The minimum Gasteiger partial charge on any atom is -0.458 e. The van der Waals surface area contributed by atoms with Gasteiger partial charge in [-0.1, -0.05) is 18.2 Å². The molecule has 9 heteroatoms. The monoisotopic (exact) mass is 461 g/mol. The Morgan fingerprint density at radius 3 is 2.76 bits per heavy atom. The Morgan fingerprint density at radius 1 is 1.12 bits per heavy atom. The van der Waals surface area contributed by atoms with Crippen LogP contribution in [-0.2, 0) is 11.3 Å². The number of aromatic nitrogens is 2. The Labute approximate surface area is 194 Å². The van der Waals surface area contributed by atoms with Crippen LogP contribution in [0.1, 0.15) is 35.9 Å². The second kappa shape index (κ2) is 9.03. The third-order valence-electron chi connectivity index (χ3n) is 5.50. The van der Waals surface area contributed by atoms with Gasteiger partial charge in [-0.15, -0.1) is 11.3 Å². The van der Waals surface area contributed by atoms with Crippen LogP contribution in [-0.4, -0.2) is 34.9 Å². The molecule has 0 spiro atoms. The van der Waals surface area contributed by atoms with E-state index in [2.05, 4.69) is 20.5 Å². The average molecular weight is 462 g/mol. The summed E-state index contributed by atoms with van der Waals surface area (Å²) in [5.41, 5.74) is 2.05. The fourth-order valence-electron chi connectivity index (χ4n) is 3.87. The summed E-state index contributed by atoms with van der Waals surface area (Å²) in [7, 11) is 0. The van der Waals surface area contributed by atoms with Gasteiger partial charge in [0.25, 0.3) is 5.91 Å². The lowest BCUT2D eigenvalue weighted by molar-refractivity contribution is -0.119. The zero-order valence-corrected chi connectivity index (χ0v) is 18.9. The van der Waals surface area contributed by atoms with E-state index in [1.54, 1.807) is 12.1 Å². The lowest BCUT2D eigenvalue weighted by Crippen LogP contribution is -2.24. The van der Waals surface area contributed by atoms with Crippen molar-refractivity contribution in [1.29, 1.82) is 0 Å². The Kier molecular flexibility index (Phi) is 5.78. The molecule has 5 rings (SSSR count). The summed E-state index contributed by atoms with van der Waals surface area (Å²) < 4.78 is 5.76. The van der Waals surface area contributed by atoms with Gasteiger partial charge in [0.1, 0.15) is 17.3 Å². The molecule has 4 heterocycles. The number of nitrogens with one attached hydrogen (secondary N) is 2. The Morgan fingerprint density at radius 2 is 1.94 bits per heavy atom. The standard InChI is InChI=1S/C24H23N5O3S/c1-15(30)25-13-17-8-9-21(32-17)20-14-33-24(27-20)28-23(31)18-12-16-6-2-3-7-19(16)26-22(18)29-10-4-5-11-29/h2-3,6-9,12,14H,4-5,10-11,13H2,1H3,(H,25,30)(H,27,28,31). The number of rotatable bonds is 6. The van der Waals surface area contributed by atoms with Gasteiger partial charge in [0, 0.05) is 30.8 Å². The number of nitrogens with zero attached hydrogens (tertiary/aromatic N) is 3. The van der Waals surface area contributed by atoms with Crippen LogP contribution in [0.3, 0.4) is 0 Å². The topological polar surface area (TPSA) is 100 Å². The fourth-order valence-corrected chi connectivity index (χ4v) is 4.57. The summed E-state index contributed by atoms with van der Waals surface area (Å²) in [4.78, 5) is 35.8. The molecule has 1 aliphatic heterocycles. The predicted octanol–water partition coefficient (Wildman–Crippen LogP) is 4.44. The molecule has 0 atom stereocenters. The highest BCUT2D eigenvalue weighted by Gasteiger charge is 2.23. The van der Waals surface area contributed by atoms with Crippen LogP contribution in [0.2, 0.25) is 0 Å². The van der Waals surface area contributed by atoms with Crippen molar-refractivity contribution in [3.63, 3.8) is 0 Å². The normalized spacial score (nSPS) is 13.4. The molecule has 0 saturated carbocycles.